The number of alkyl halides is 3. The summed E-state index contributed by atoms with van der Waals surface area (Å²) in [5.41, 5.74) is -2.98. The van der Waals surface area contributed by atoms with Crippen molar-refractivity contribution in [3.8, 4) is 0 Å². The number of nitro groups is 1. The largest absolute Gasteiger partial charge is 0.459 e. The molecule has 0 unspecified atom stereocenters. The summed E-state index contributed by atoms with van der Waals surface area (Å²) in [6.45, 7) is 2.24. The van der Waals surface area contributed by atoms with E-state index in [9.17, 15) is 37.7 Å². The number of esters is 1. The van der Waals surface area contributed by atoms with Crippen LogP contribution in [0.1, 0.15) is 30.0 Å². The van der Waals surface area contributed by atoms with Crippen LogP contribution in [-0.4, -0.2) is 35.4 Å². The number of nitrogens with zero attached hydrogens (tertiary/aromatic N) is 1. The van der Waals surface area contributed by atoms with Gasteiger partial charge in [-0.3, -0.25) is 19.7 Å². The van der Waals surface area contributed by atoms with Crippen molar-refractivity contribution >= 4 is 29.2 Å². The first kappa shape index (κ1) is 24.4. The average Bonchev–Trinajstić information content (AvgIpc) is 3.24. The average molecular weight is 457 g/mol. The first-order chi connectivity index (χ1) is 14.9. The molecule has 0 fully saturated rings. The van der Waals surface area contributed by atoms with Gasteiger partial charge in [-0.1, -0.05) is 13.8 Å². The summed E-state index contributed by atoms with van der Waals surface area (Å²) in [7, 11) is 0. The first-order valence-electron chi connectivity index (χ1n) is 9.06. The SMILES string of the molecule is CC(C)[C@H](NC(=O)c1ccco1)C(=O)OCC(=O)Nc1ccc([N+](=O)[O-])cc1C(F)(F)F. The highest BCUT2D eigenvalue weighted by Crippen LogP contribution is 2.37. The molecule has 1 atom stereocenters. The molecular weight excluding hydrogens is 439 g/mol. The van der Waals surface area contributed by atoms with E-state index in [-0.39, 0.29) is 11.8 Å². The summed E-state index contributed by atoms with van der Waals surface area (Å²) in [6, 6.07) is 3.46. The number of rotatable bonds is 8. The monoisotopic (exact) mass is 457 g/mol. The van der Waals surface area contributed by atoms with Gasteiger partial charge in [0.25, 0.3) is 17.5 Å². The molecule has 13 heteroatoms. The summed E-state index contributed by atoms with van der Waals surface area (Å²) in [5.74, 6) is -3.31. The predicted octanol–water partition coefficient (Wildman–Crippen LogP) is 3.14. The zero-order valence-corrected chi connectivity index (χ0v) is 16.8. The lowest BCUT2D eigenvalue weighted by Gasteiger charge is -2.20. The van der Waals surface area contributed by atoms with Gasteiger partial charge in [0, 0.05) is 12.1 Å². The third-order valence-corrected chi connectivity index (χ3v) is 4.09. The molecule has 1 aromatic carbocycles. The van der Waals surface area contributed by atoms with Crippen LogP contribution < -0.4 is 10.6 Å². The van der Waals surface area contributed by atoms with Gasteiger partial charge in [-0.05, 0) is 24.1 Å². The summed E-state index contributed by atoms with van der Waals surface area (Å²) in [5, 5.41) is 15.0. The second-order valence-electron chi connectivity index (χ2n) is 6.81. The van der Waals surface area contributed by atoms with Crippen LogP contribution in [0.15, 0.2) is 41.0 Å². The van der Waals surface area contributed by atoms with Crippen molar-refractivity contribution in [3.63, 3.8) is 0 Å². The Morgan fingerprint density at radius 1 is 1.22 bits per heavy atom. The quantitative estimate of drug-likeness (QED) is 0.352. The lowest BCUT2D eigenvalue weighted by molar-refractivity contribution is -0.385. The Labute approximate surface area is 178 Å². The van der Waals surface area contributed by atoms with Crippen molar-refractivity contribution < 1.29 is 41.6 Å². The van der Waals surface area contributed by atoms with Gasteiger partial charge < -0.3 is 19.8 Å². The normalized spacial score (nSPS) is 12.2. The lowest BCUT2D eigenvalue weighted by Crippen LogP contribution is -2.45. The highest BCUT2D eigenvalue weighted by atomic mass is 19.4. The van der Waals surface area contributed by atoms with Gasteiger partial charge in [0.05, 0.1) is 22.4 Å². The molecule has 0 saturated carbocycles. The van der Waals surface area contributed by atoms with Crippen LogP contribution in [0.3, 0.4) is 0 Å². The van der Waals surface area contributed by atoms with E-state index in [4.69, 9.17) is 9.15 Å². The number of benzene rings is 1. The number of carbonyl (C=O) groups is 3. The Morgan fingerprint density at radius 3 is 2.44 bits per heavy atom. The van der Waals surface area contributed by atoms with Crippen LogP contribution in [0.2, 0.25) is 0 Å². The van der Waals surface area contributed by atoms with Crippen molar-refractivity contribution in [2.24, 2.45) is 5.92 Å². The molecule has 172 valence electrons. The fraction of sp³-hybridized carbons (Fsp3) is 0.316. The highest BCUT2D eigenvalue weighted by molar-refractivity contribution is 5.96. The van der Waals surface area contributed by atoms with E-state index in [2.05, 4.69) is 5.32 Å². The van der Waals surface area contributed by atoms with E-state index in [0.717, 1.165) is 12.1 Å². The van der Waals surface area contributed by atoms with Crippen LogP contribution in [0.4, 0.5) is 24.5 Å². The van der Waals surface area contributed by atoms with Crippen LogP contribution in [-0.2, 0) is 20.5 Å². The molecule has 2 amide bonds. The maximum absolute atomic E-state index is 13.2. The molecule has 2 aromatic rings. The van der Waals surface area contributed by atoms with Crippen LogP contribution >= 0.6 is 0 Å². The maximum Gasteiger partial charge on any atom is 0.418 e. The molecule has 1 aromatic heterocycles. The fourth-order valence-electron chi connectivity index (χ4n) is 2.52. The molecule has 2 N–H and O–H groups in total. The summed E-state index contributed by atoms with van der Waals surface area (Å²) < 4.78 is 49.3. The Hall–Kier alpha value is -3.90. The number of hydrogen-bond donors (Lipinski definition) is 2. The van der Waals surface area contributed by atoms with E-state index in [1.54, 1.807) is 13.8 Å². The van der Waals surface area contributed by atoms with Crippen molar-refractivity contribution in [2.75, 3.05) is 11.9 Å². The van der Waals surface area contributed by atoms with Crippen molar-refractivity contribution in [3.05, 3.63) is 58.0 Å². The topological polar surface area (TPSA) is 141 Å². The summed E-state index contributed by atoms with van der Waals surface area (Å²) >= 11 is 0. The highest BCUT2D eigenvalue weighted by Gasteiger charge is 2.36. The van der Waals surface area contributed by atoms with Crippen molar-refractivity contribution in [2.45, 2.75) is 26.1 Å². The number of amides is 2. The number of anilines is 1. The van der Waals surface area contributed by atoms with Gasteiger partial charge in [-0.15, -0.1) is 0 Å². The second kappa shape index (κ2) is 9.94. The number of hydrogen-bond acceptors (Lipinski definition) is 7. The zero-order valence-electron chi connectivity index (χ0n) is 16.8. The summed E-state index contributed by atoms with van der Waals surface area (Å²) in [4.78, 5) is 46.1. The summed E-state index contributed by atoms with van der Waals surface area (Å²) in [6.07, 6.45) is -3.72. The Kier molecular flexibility index (Phi) is 7.57. The van der Waals surface area contributed by atoms with Crippen LogP contribution in [0.25, 0.3) is 0 Å². The number of carbonyl (C=O) groups excluding carboxylic acids is 3. The second-order valence-corrected chi connectivity index (χ2v) is 6.81. The van der Waals surface area contributed by atoms with E-state index in [1.165, 1.54) is 18.4 Å². The minimum atomic E-state index is -4.98. The fourth-order valence-corrected chi connectivity index (χ4v) is 2.52. The molecule has 0 aliphatic rings. The van der Waals surface area contributed by atoms with Gasteiger partial charge in [0.15, 0.2) is 12.4 Å². The molecule has 10 nitrogen and oxygen atoms in total. The molecular formula is C19H18F3N3O7. The number of furan rings is 1. The Bertz CT molecular complexity index is 1000. The van der Waals surface area contributed by atoms with Gasteiger partial charge in [0.2, 0.25) is 0 Å². The smallest absolute Gasteiger partial charge is 0.418 e. The molecule has 2 rings (SSSR count). The minimum Gasteiger partial charge on any atom is -0.459 e. The lowest BCUT2D eigenvalue weighted by atomic mass is 10.0. The zero-order chi connectivity index (χ0) is 24.1. The molecule has 0 aliphatic heterocycles. The van der Waals surface area contributed by atoms with Gasteiger partial charge in [0.1, 0.15) is 6.04 Å². The maximum atomic E-state index is 13.2. The molecule has 32 heavy (non-hydrogen) atoms. The van der Waals surface area contributed by atoms with Gasteiger partial charge in [-0.2, -0.15) is 13.2 Å². The number of halogens is 3. The number of non-ortho nitro benzene ring substituents is 1. The Balaban J connectivity index is 2.04. The van der Waals surface area contributed by atoms with Gasteiger partial charge in [-0.25, -0.2) is 4.79 Å². The molecule has 1 heterocycles. The van der Waals surface area contributed by atoms with E-state index in [1.807, 2.05) is 5.32 Å². The van der Waals surface area contributed by atoms with Crippen molar-refractivity contribution in [1.82, 2.24) is 5.32 Å². The third kappa shape index (κ3) is 6.30. The molecule has 0 bridgehead atoms. The van der Waals surface area contributed by atoms with Crippen LogP contribution in [0, 0.1) is 16.0 Å². The van der Waals surface area contributed by atoms with Crippen LogP contribution in [0.5, 0.6) is 0 Å². The number of ether oxygens (including phenoxy) is 1. The van der Waals surface area contributed by atoms with E-state index >= 15 is 0 Å². The van der Waals surface area contributed by atoms with Crippen molar-refractivity contribution in [1.29, 1.82) is 0 Å². The van der Waals surface area contributed by atoms with E-state index < -0.39 is 64.4 Å². The number of nitro benzene ring substituents is 1. The minimum absolute atomic E-state index is 0.0564. The van der Waals surface area contributed by atoms with Gasteiger partial charge >= 0.3 is 12.1 Å². The number of nitrogens with one attached hydrogen (secondary N) is 2. The third-order valence-electron chi connectivity index (χ3n) is 4.09. The molecule has 0 aliphatic carbocycles. The molecule has 0 spiro atoms. The first-order valence-corrected chi connectivity index (χ1v) is 9.06. The predicted molar refractivity (Wildman–Crippen MR) is 102 cm³/mol. The standard InChI is InChI=1S/C19H18F3N3O7/c1-10(2)16(24-17(27)14-4-3-7-31-14)18(28)32-9-15(26)23-13-6-5-11(25(29)30)8-12(13)19(20,21)22/h3-8,10,16H,9H2,1-2H3,(H,23,26)(H,24,27)/t16-/m0/s1. The molecule has 0 saturated heterocycles. The Morgan fingerprint density at radius 2 is 1.91 bits per heavy atom. The van der Waals surface area contributed by atoms with E-state index in [0.29, 0.717) is 0 Å². The molecule has 0 radical (unpaired) electrons.